The smallest absolute Gasteiger partial charge is 0.338 e. The second-order valence-electron chi connectivity index (χ2n) is 4.04. The first-order valence-electron chi connectivity index (χ1n) is 5.45. The van der Waals surface area contributed by atoms with Crippen molar-refractivity contribution in [1.82, 2.24) is 5.32 Å². The van der Waals surface area contributed by atoms with E-state index < -0.39 is 12.1 Å². The average molecular weight is 235 g/mol. The van der Waals surface area contributed by atoms with Crippen molar-refractivity contribution >= 4 is 11.9 Å². The Morgan fingerprint density at radius 3 is 2.18 bits per heavy atom. The highest BCUT2D eigenvalue weighted by Crippen LogP contribution is 2.11. The number of carbonyl (C=O) groups excluding carboxylic acids is 2. The molecule has 1 rings (SSSR count). The number of carbonyl (C=O) groups is 2. The number of hydrogen-bond donors (Lipinski definition) is 1. The van der Waals surface area contributed by atoms with Crippen LogP contribution in [0.2, 0.25) is 0 Å². The summed E-state index contributed by atoms with van der Waals surface area (Å²) in [6.45, 7) is 5.36. The van der Waals surface area contributed by atoms with Gasteiger partial charge in [0.1, 0.15) is 0 Å². The monoisotopic (exact) mass is 235 g/mol. The van der Waals surface area contributed by atoms with Gasteiger partial charge in [0, 0.05) is 7.05 Å². The van der Waals surface area contributed by atoms with Crippen LogP contribution in [0.15, 0.2) is 18.2 Å². The summed E-state index contributed by atoms with van der Waals surface area (Å²) in [4.78, 5) is 23.0. The molecule has 1 amide bonds. The normalized spacial score (nSPS) is 11.8. The quantitative estimate of drug-likeness (QED) is 0.809. The highest BCUT2D eigenvalue weighted by atomic mass is 16.5. The van der Waals surface area contributed by atoms with Gasteiger partial charge in [0.15, 0.2) is 6.10 Å². The Kier molecular flexibility index (Phi) is 4.26. The Bertz CT molecular complexity index is 420. The van der Waals surface area contributed by atoms with Gasteiger partial charge in [-0.3, -0.25) is 4.79 Å². The SMILES string of the molecule is CNC(=O)[C@@H](C)OC(=O)c1cc(C)cc(C)c1. The van der Waals surface area contributed by atoms with Gasteiger partial charge in [0.25, 0.3) is 5.91 Å². The van der Waals surface area contributed by atoms with Gasteiger partial charge >= 0.3 is 5.97 Å². The maximum absolute atomic E-state index is 11.8. The predicted octanol–water partition coefficient (Wildman–Crippen LogP) is 1.59. The van der Waals surface area contributed by atoms with E-state index in [2.05, 4.69) is 5.32 Å². The van der Waals surface area contributed by atoms with Crippen molar-refractivity contribution in [3.63, 3.8) is 0 Å². The molecular weight excluding hydrogens is 218 g/mol. The summed E-state index contributed by atoms with van der Waals surface area (Å²) < 4.78 is 5.05. The zero-order chi connectivity index (χ0) is 13.0. The number of benzene rings is 1. The molecule has 1 aromatic carbocycles. The van der Waals surface area contributed by atoms with Gasteiger partial charge in [-0.2, -0.15) is 0 Å². The van der Waals surface area contributed by atoms with Crippen molar-refractivity contribution in [2.45, 2.75) is 26.9 Å². The lowest BCUT2D eigenvalue weighted by molar-refractivity contribution is -0.128. The summed E-state index contributed by atoms with van der Waals surface area (Å²) in [7, 11) is 1.50. The largest absolute Gasteiger partial charge is 0.449 e. The van der Waals surface area contributed by atoms with Gasteiger partial charge in [0.05, 0.1) is 5.56 Å². The second kappa shape index (κ2) is 5.48. The molecule has 0 aliphatic heterocycles. The maximum Gasteiger partial charge on any atom is 0.338 e. The molecule has 17 heavy (non-hydrogen) atoms. The Balaban J connectivity index is 2.79. The lowest BCUT2D eigenvalue weighted by atomic mass is 10.1. The molecule has 92 valence electrons. The first kappa shape index (κ1) is 13.2. The van der Waals surface area contributed by atoms with Crippen molar-refractivity contribution in [2.75, 3.05) is 7.05 Å². The Hall–Kier alpha value is -1.84. The van der Waals surface area contributed by atoms with Crippen LogP contribution >= 0.6 is 0 Å². The topological polar surface area (TPSA) is 55.4 Å². The van der Waals surface area contributed by atoms with Crippen LogP contribution in [-0.4, -0.2) is 25.0 Å². The summed E-state index contributed by atoms with van der Waals surface area (Å²) in [6.07, 6.45) is -0.784. The molecular formula is C13H17NO3. The highest BCUT2D eigenvalue weighted by molar-refractivity contribution is 5.92. The fraction of sp³-hybridized carbons (Fsp3) is 0.385. The molecule has 0 saturated heterocycles. The Morgan fingerprint density at radius 1 is 1.18 bits per heavy atom. The van der Waals surface area contributed by atoms with Crippen LogP contribution in [0.5, 0.6) is 0 Å². The van der Waals surface area contributed by atoms with Gasteiger partial charge in [-0.15, -0.1) is 0 Å². The molecule has 0 spiro atoms. The number of esters is 1. The lowest BCUT2D eigenvalue weighted by Crippen LogP contribution is -2.33. The molecule has 1 N–H and O–H groups in total. The van der Waals surface area contributed by atoms with E-state index in [9.17, 15) is 9.59 Å². The number of amides is 1. The van der Waals surface area contributed by atoms with E-state index in [4.69, 9.17) is 4.74 Å². The number of hydrogen-bond acceptors (Lipinski definition) is 3. The third-order valence-electron chi connectivity index (χ3n) is 2.36. The number of nitrogens with one attached hydrogen (secondary N) is 1. The molecule has 0 heterocycles. The summed E-state index contributed by atoms with van der Waals surface area (Å²) in [5.74, 6) is -0.796. The first-order chi connectivity index (χ1) is 7.93. The number of aryl methyl sites for hydroxylation is 2. The number of rotatable bonds is 3. The van der Waals surface area contributed by atoms with Crippen LogP contribution in [0, 0.1) is 13.8 Å². The van der Waals surface area contributed by atoms with Gasteiger partial charge in [-0.1, -0.05) is 17.2 Å². The fourth-order valence-electron chi connectivity index (χ4n) is 1.58. The van der Waals surface area contributed by atoms with Crippen molar-refractivity contribution in [1.29, 1.82) is 0 Å². The number of ether oxygens (including phenoxy) is 1. The zero-order valence-electron chi connectivity index (χ0n) is 10.5. The molecule has 0 aromatic heterocycles. The summed E-state index contributed by atoms with van der Waals surface area (Å²) in [5, 5.41) is 2.43. The van der Waals surface area contributed by atoms with Gasteiger partial charge in [-0.05, 0) is 32.9 Å². The van der Waals surface area contributed by atoms with Crippen LogP contribution in [0.4, 0.5) is 0 Å². The van der Waals surface area contributed by atoms with Gasteiger partial charge in [-0.25, -0.2) is 4.79 Å². The zero-order valence-corrected chi connectivity index (χ0v) is 10.5. The minimum Gasteiger partial charge on any atom is -0.449 e. The van der Waals surface area contributed by atoms with E-state index in [-0.39, 0.29) is 5.91 Å². The second-order valence-corrected chi connectivity index (χ2v) is 4.04. The third kappa shape index (κ3) is 3.59. The van der Waals surface area contributed by atoms with E-state index in [1.807, 2.05) is 19.9 Å². The third-order valence-corrected chi connectivity index (χ3v) is 2.36. The summed E-state index contributed by atoms with van der Waals surface area (Å²) in [5.41, 5.74) is 2.45. The number of likely N-dealkylation sites (N-methyl/N-ethyl adjacent to an activating group) is 1. The summed E-state index contributed by atoms with van der Waals surface area (Å²) in [6, 6.07) is 5.46. The van der Waals surface area contributed by atoms with Gasteiger partial charge in [0.2, 0.25) is 0 Å². The van der Waals surface area contributed by atoms with Gasteiger partial charge < -0.3 is 10.1 Å². The molecule has 0 bridgehead atoms. The van der Waals surface area contributed by atoms with Crippen LogP contribution in [0.3, 0.4) is 0 Å². The van der Waals surface area contributed by atoms with Crippen molar-refractivity contribution < 1.29 is 14.3 Å². The molecule has 0 aliphatic carbocycles. The molecule has 1 atom stereocenters. The van der Waals surface area contributed by atoms with Crippen LogP contribution in [-0.2, 0) is 9.53 Å². The van der Waals surface area contributed by atoms with E-state index in [1.54, 1.807) is 19.1 Å². The lowest BCUT2D eigenvalue weighted by Gasteiger charge is -2.12. The molecule has 1 aromatic rings. The molecule has 4 heteroatoms. The van der Waals surface area contributed by atoms with Crippen LogP contribution < -0.4 is 5.32 Å². The van der Waals surface area contributed by atoms with E-state index >= 15 is 0 Å². The minimum absolute atomic E-state index is 0.317. The highest BCUT2D eigenvalue weighted by Gasteiger charge is 2.17. The molecule has 0 saturated carbocycles. The van der Waals surface area contributed by atoms with Crippen molar-refractivity contribution in [3.8, 4) is 0 Å². The Morgan fingerprint density at radius 2 is 1.71 bits per heavy atom. The molecule has 0 aliphatic rings. The van der Waals surface area contributed by atoms with Crippen molar-refractivity contribution in [2.24, 2.45) is 0 Å². The fourth-order valence-corrected chi connectivity index (χ4v) is 1.58. The van der Waals surface area contributed by atoms with Crippen molar-refractivity contribution in [3.05, 3.63) is 34.9 Å². The summed E-state index contributed by atoms with van der Waals surface area (Å²) >= 11 is 0. The molecule has 0 radical (unpaired) electrons. The maximum atomic E-state index is 11.8. The molecule has 4 nitrogen and oxygen atoms in total. The van der Waals surface area contributed by atoms with E-state index in [1.165, 1.54) is 7.05 Å². The van der Waals surface area contributed by atoms with Crippen LogP contribution in [0.25, 0.3) is 0 Å². The molecule has 0 fully saturated rings. The van der Waals surface area contributed by atoms with E-state index in [0.29, 0.717) is 5.56 Å². The molecule has 0 unspecified atom stereocenters. The van der Waals surface area contributed by atoms with Crippen LogP contribution in [0.1, 0.15) is 28.4 Å². The average Bonchev–Trinajstić information content (AvgIpc) is 2.26. The first-order valence-corrected chi connectivity index (χ1v) is 5.45. The minimum atomic E-state index is -0.784. The predicted molar refractivity (Wildman–Crippen MR) is 64.9 cm³/mol. The Labute approximate surface area is 101 Å². The standard InChI is InChI=1S/C13H17NO3/c1-8-5-9(2)7-11(6-8)13(16)17-10(3)12(15)14-4/h5-7,10H,1-4H3,(H,14,15)/t10-/m1/s1. The van der Waals surface area contributed by atoms with E-state index in [0.717, 1.165) is 11.1 Å².